The van der Waals surface area contributed by atoms with E-state index in [1.54, 1.807) is 14.2 Å². The number of hydrogen-bond acceptors (Lipinski definition) is 6. The molecule has 7 heteroatoms. The normalized spacial score (nSPS) is 22.7. The Labute approximate surface area is 176 Å². The summed E-state index contributed by atoms with van der Waals surface area (Å²) in [6, 6.07) is 13.1. The van der Waals surface area contributed by atoms with Crippen LogP contribution in [-0.4, -0.2) is 45.0 Å². The minimum absolute atomic E-state index is 0.0697. The van der Waals surface area contributed by atoms with E-state index in [-0.39, 0.29) is 24.7 Å². The molecule has 160 valence electrons. The molecule has 1 aliphatic carbocycles. The quantitative estimate of drug-likeness (QED) is 0.783. The summed E-state index contributed by atoms with van der Waals surface area (Å²) in [5.41, 5.74) is 0. The third-order valence-corrected chi connectivity index (χ3v) is 5.48. The molecule has 2 aromatic rings. The minimum atomic E-state index is -0.630. The van der Waals surface area contributed by atoms with Gasteiger partial charge in [0, 0.05) is 6.04 Å². The molecule has 1 amide bonds. The topological polar surface area (TPSA) is 75.3 Å². The first-order chi connectivity index (χ1) is 14.7. The van der Waals surface area contributed by atoms with E-state index in [4.69, 9.17) is 23.7 Å². The Morgan fingerprint density at radius 1 is 0.933 bits per heavy atom. The van der Waals surface area contributed by atoms with E-state index in [0.29, 0.717) is 28.7 Å². The Balaban J connectivity index is 1.28. The van der Waals surface area contributed by atoms with Crippen LogP contribution in [0.2, 0.25) is 0 Å². The van der Waals surface area contributed by atoms with Gasteiger partial charge in [-0.05, 0) is 49.9 Å². The summed E-state index contributed by atoms with van der Waals surface area (Å²) in [5.74, 6) is 3.07. The summed E-state index contributed by atoms with van der Waals surface area (Å²) in [5, 5.41) is 3.10. The van der Waals surface area contributed by atoms with Gasteiger partial charge in [0.2, 0.25) is 11.9 Å². The number of methoxy groups -OCH3 is 2. The van der Waals surface area contributed by atoms with Gasteiger partial charge in [-0.2, -0.15) is 0 Å². The fourth-order valence-corrected chi connectivity index (χ4v) is 3.90. The highest BCUT2D eigenvalue weighted by molar-refractivity contribution is 5.82. The maximum absolute atomic E-state index is 12.6. The number of nitrogens with one attached hydrogen (secondary N) is 1. The van der Waals surface area contributed by atoms with Gasteiger partial charge in [-0.25, -0.2) is 0 Å². The summed E-state index contributed by atoms with van der Waals surface area (Å²) in [7, 11) is 3.21. The molecule has 0 aromatic heterocycles. The molecule has 2 aliphatic rings. The van der Waals surface area contributed by atoms with Crippen LogP contribution in [0.3, 0.4) is 0 Å². The van der Waals surface area contributed by atoms with Crippen LogP contribution in [0.4, 0.5) is 0 Å². The monoisotopic (exact) mass is 413 g/mol. The number of para-hydroxylation sites is 3. The lowest BCUT2D eigenvalue weighted by Crippen LogP contribution is -2.49. The molecule has 0 radical (unpaired) electrons. The fourth-order valence-electron chi connectivity index (χ4n) is 3.90. The second-order valence-electron chi connectivity index (χ2n) is 7.46. The number of hydrogen-bond donors (Lipinski definition) is 1. The average Bonchev–Trinajstić information content (AvgIpc) is 2.79. The average molecular weight is 413 g/mol. The summed E-state index contributed by atoms with van der Waals surface area (Å²) >= 11 is 0. The van der Waals surface area contributed by atoms with Crippen LogP contribution in [0.25, 0.3) is 0 Å². The molecule has 30 heavy (non-hydrogen) atoms. The van der Waals surface area contributed by atoms with Crippen molar-refractivity contribution in [3.8, 4) is 28.7 Å². The smallest absolute Gasteiger partial charge is 0.264 e. The number of benzene rings is 2. The molecule has 1 atom stereocenters. The molecule has 7 nitrogen and oxygen atoms in total. The van der Waals surface area contributed by atoms with Crippen molar-refractivity contribution >= 4 is 5.91 Å². The Bertz CT molecular complexity index is 878. The molecule has 1 fully saturated rings. The Kier molecular flexibility index (Phi) is 6.16. The standard InChI is InChI=1S/C23H27NO6/c1-26-19-8-5-9-20(22(19)27-2)29-16-12-10-15(11-13-16)24-23(25)21-14-28-17-6-3-4-7-18(17)30-21/h3-9,15-16,21H,10-14H2,1-2H3,(H,24,25). The van der Waals surface area contributed by atoms with Crippen LogP contribution in [-0.2, 0) is 4.79 Å². The predicted molar refractivity (Wildman–Crippen MR) is 111 cm³/mol. The first kappa shape index (κ1) is 20.2. The molecule has 1 aliphatic heterocycles. The van der Waals surface area contributed by atoms with E-state index in [2.05, 4.69) is 5.32 Å². The summed E-state index contributed by atoms with van der Waals surface area (Å²) in [6.07, 6.45) is 2.81. The van der Waals surface area contributed by atoms with Gasteiger partial charge in [0.1, 0.15) is 6.61 Å². The lowest BCUT2D eigenvalue weighted by Gasteiger charge is -2.32. The van der Waals surface area contributed by atoms with Crippen molar-refractivity contribution in [1.29, 1.82) is 0 Å². The maximum Gasteiger partial charge on any atom is 0.264 e. The molecule has 1 unspecified atom stereocenters. The van der Waals surface area contributed by atoms with E-state index in [0.717, 1.165) is 25.7 Å². The molecular weight excluding hydrogens is 386 g/mol. The largest absolute Gasteiger partial charge is 0.493 e. The molecule has 4 rings (SSSR count). The molecule has 0 bridgehead atoms. The minimum Gasteiger partial charge on any atom is -0.493 e. The van der Waals surface area contributed by atoms with E-state index in [9.17, 15) is 4.79 Å². The Morgan fingerprint density at radius 3 is 2.40 bits per heavy atom. The van der Waals surface area contributed by atoms with Gasteiger partial charge in [-0.1, -0.05) is 18.2 Å². The number of fused-ring (bicyclic) bond motifs is 1. The van der Waals surface area contributed by atoms with Crippen LogP contribution < -0.4 is 29.0 Å². The second kappa shape index (κ2) is 9.15. The van der Waals surface area contributed by atoms with Crippen molar-refractivity contribution in [2.24, 2.45) is 0 Å². The van der Waals surface area contributed by atoms with Gasteiger partial charge in [0.05, 0.1) is 20.3 Å². The van der Waals surface area contributed by atoms with Crippen LogP contribution in [0.5, 0.6) is 28.7 Å². The van der Waals surface area contributed by atoms with Crippen LogP contribution in [0.1, 0.15) is 25.7 Å². The van der Waals surface area contributed by atoms with E-state index < -0.39 is 6.10 Å². The van der Waals surface area contributed by atoms with Gasteiger partial charge in [-0.15, -0.1) is 0 Å². The number of rotatable bonds is 6. The fraction of sp³-hybridized carbons (Fsp3) is 0.435. The van der Waals surface area contributed by atoms with Gasteiger partial charge in [0.15, 0.2) is 23.0 Å². The molecule has 1 heterocycles. The molecule has 1 saturated carbocycles. The molecular formula is C23H27NO6. The lowest BCUT2D eigenvalue weighted by molar-refractivity contribution is -0.131. The SMILES string of the molecule is COc1cccc(OC2CCC(NC(=O)C3COc4ccccc4O3)CC2)c1OC. The van der Waals surface area contributed by atoms with Crippen LogP contribution in [0, 0.1) is 0 Å². The van der Waals surface area contributed by atoms with Crippen molar-refractivity contribution in [1.82, 2.24) is 5.32 Å². The first-order valence-electron chi connectivity index (χ1n) is 10.2. The maximum atomic E-state index is 12.6. The number of ether oxygens (including phenoxy) is 5. The molecule has 1 N–H and O–H groups in total. The predicted octanol–water partition coefficient (Wildman–Crippen LogP) is 3.35. The zero-order chi connectivity index (χ0) is 20.9. The summed E-state index contributed by atoms with van der Waals surface area (Å²) < 4.78 is 28.4. The summed E-state index contributed by atoms with van der Waals surface area (Å²) in [6.45, 7) is 0.219. The van der Waals surface area contributed by atoms with Crippen LogP contribution >= 0.6 is 0 Å². The zero-order valence-corrected chi connectivity index (χ0v) is 17.3. The first-order valence-corrected chi connectivity index (χ1v) is 10.2. The Hall–Kier alpha value is -3.09. The number of carbonyl (C=O) groups excluding carboxylic acids is 1. The second-order valence-corrected chi connectivity index (χ2v) is 7.46. The van der Waals surface area contributed by atoms with Crippen LogP contribution in [0.15, 0.2) is 42.5 Å². The van der Waals surface area contributed by atoms with Crippen molar-refractivity contribution in [3.63, 3.8) is 0 Å². The third kappa shape index (κ3) is 4.40. The highest BCUT2D eigenvalue weighted by Crippen LogP contribution is 2.38. The van der Waals surface area contributed by atoms with Crippen molar-refractivity contribution in [2.45, 2.75) is 43.9 Å². The molecule has 2 aromatic carbocycles. The van der Waals surface area contributed by atoms with E-state index in [1.165, 1.54) is 0 Å². The van der Waals surface area contributed by atoms with Crippen molar-refractivity contribution < 1.29 is 28.5 Å². The van der Waals surface area contributed by atoms with Gasteiger partial charge in [-0.3, -0.25) is 4.79 Å². The highest BCUT2D eigenvalue weighted by Gasteiger charge is 2.31. The van der Waals surface area contributed by atoms with Gasteiger partial charge >= 0.3 is 0 Å². The van der Waals surface area contributed by atoms with Crippen molar-refractivity contribution in [2.75, 3.05) is 20.8 Å². The molecule has 0 saturated heterocycles. The lowest BCUT2D eigenvalue weighted by atomic mass is 9.92. The molecule has 0 spiro atoms. The van der Waals surface area contributed by atoms with Gasteiger partial charge in [0.25, 0.3) is 5.91 Å². The zero-order valence-electron chi connectivity index (χ0n) is 17.3. The van der Waals surface area contributed by atoms with Gasteiger partial charge < -0.3 is 29.0 Å². The third-order valence-electron chi connectivity index (χ3n) is 5.48. The highest BCUT2D eigenvalue weighted by atomic mass is 16.6. The Morgan fingerprint density at radius 2 is 1.67 bits per heavy atom. The van der Waals surface area contributed by atoms with E-state index >= 15 is 0 Å². The summed E-state index contributed by atoms with van der Waals surface area (Å²) in [4.78, 5) is 12.6. The van der Waals surface area contributed by atoms with Crippen molar-refractivity contribution in [3.05, 3.63) is 42.5 Å². The van der Waals surface area contributed by atoms with E-state index in [1.807, 2.05) is 42.5 Å². The number of carbonyl (C=O) groups is 1. The number of amides is 1.